The normalized spacial score (nSPS) is 11.9. The van der Waals surface area contributed by atoms with Crippen molar-refractivity contribution in [1.82, 2.24) is 0 Å². The summed E-state index contributed by atoms with van der Waals surface area (Å²) in [5, 5.41) is 0. The van der Waals surface area contributed by atoms with E-state index in [1.807, 2.05) is 6.07 Å². The van der Waals surface area contributed by atoms with Crippen molar-refractivity contribution in [2.75, 3.05) is 5.88 Å². The zero-order valence-corrected chi connectivity index (χ0v) is 8.24. The van der Waals surface area contributed by atoms with Gasteiger partial charge in [-0.2, -0.15) is 0 Å². The lowest BCUT2D eigenvalue weighted by molar-refractivity contribution is 0.0825. The lowest BCUT2D eigenvalue weighted by atomic mass is 10.3. The number of alkyl halides is 1. The van der Waals surface area contributed by atoms with Gasteiger partial charge in [-0.3, -0.25) is 0 Å². The van der Waals surface area contributed by atoms with E-state index < -0.39 is 12.3 Å². The van der Waals surface area contributed by atoms with Crippen molar-refractivity contribution >= 4 is 17.8 Å². The molecule has 1 rings (SSSR count). The fourth-order valence-electron chi connectivity index (χ4n) is 0.776. The Kier molecular flexibility index (Phi) is 4.26. The van der Waals surface area contributed by atoms with Crippen molar-refractivity contribution < 1.29 is 14.3 Å². The van der Waals surface area contributed by atoms with Crippen LogP contribution in [0.4, 0.5) is 4.79 Å². The molecule has 0 aromatic heterocycles. The molecule has 0 amide bonds. The first-order valence-corrected chi connectivity index (χ1v) is 4.58. The zero-order chi connectivity index (χ0) is 10.4. The highest BCUT2D eigenvalue weighted by Gasteiger charge is 2.10. The van der Waals surface area contributed by atoms with Gasteiger partial charge >= 0.3 is 6.16 Å². The average molecular weight is 214 g/mol. The summed E-state index contributed by atoms with van der Waals surface area (Å²) in [5.41, 5.74) is 0. The monoisotopic (exact) mass is 213 g/mol. The number of hydrogen-bond acceptors (Lipinski definition) is 3. The second-order valence-electron chi connectivity index (χ2n) is 2.56. The van der Waals surface area contributed by atoms with Crippen molar-refractivity contribution in [2.45, 2.75) is 6.10 Å². The minimum Gasteiger partial charge on any atom is -0.429 e. The van der Waals surface area contributed by atoms with E-state index in [2.05, 4.69) is 6.92 Å². The van der Waals surface area contributed by atoms with E-state index in [4.69, 9.17) is 21.1 Å². The minimum absolute atomic E-state index is 0.143. The molecule has 1 aromatic carbocycles. The van der Waals surface area contributed by atoms with Crippen LogP contribution in [0.1, 0.15) is 0 Å². The maximum absolute atomic E-state index is 11.0. The second-order valence-corrected chi connectivity index (χ2v) is 2.87. The van der Waals surface area contributed by atoms with Crippen LogP contribution in [0.25, 0.3) is 0 Å². The van der Waals surface area contributed by atoms with E-state index in [0.717, 1.165) is 0 Å². The van der Waals surface area contributed by atoms with Crippen molar-refractivity contribution in [1.29, 1.82) is 0 Å². The van der Waals surface area contributed by atoms with E-state index in [0.29, 0.717) is 5.75 Å². The molecule has 0 saturated heterocycles. The van der Waals surface area contributed by atoms with Gasteiger partial charge in [-0.1, -0.05) is 18.2 Å². The van der Waals surface area contributed by atoms with Crippen LogP contribution in [0.2, 0.25) is 0 Å². The van der Waals surface area contributed by atoms with E-state index >= 15 is 0 Å². The Hall–Kier alpha value is -1.22. The van der Waals surface area contributed by atoms with Gasteiger partial charge in [0.25, 0.3) is 0 Å². The molecule has 1 atom stereocenters. The van der Waals surface area contributed by atoms with Gasteiger partial charge < -0.3 is 9.47 Å². The Labute approximate surface area is 87.6 Å². The fourth-order valence-corrected chi connectivity index (χ4v) is 0.839. The van der Waals surface area contributed by atoms with Crippen LogP contribution >= 0.6 is 11.6 Å². The van der Waals surface area contributed by atoms with Crippen LogP contribution in [0.5, 0.6) is 5.75 Å². The summed E-state index contributed by atoms with van der Waals surface area (Å²) in [4.78, 5) is 11.0. The molecule has 14 heavy (non-hydrogen) atoms. The fraction of sp³-hybridized carbons (Fsp3) is 0.200. The average Bonchev–Trinajstić information content (AvgIpc) is 2.19. The van der Waals surface area contributed by atoms with E-state index in [1.165, 1.54) is 0 Å². The molecule has 0 unspecified atom stereocenters. The Bertz CT molecular complexity index is 287. The topological polar surface area (TPSA) is 35.5 Å². The van der Waals surface area contributed by atoms with Crippen LogP contribution < -0.4 is 4.74 Å². The molecule has 1 radical (unpaired) electrons. The largest absolute Gasteiger partial charge is 0.514 e. The van der Waals surface area contributed by atoms with Gasteiger partial charge in [0.1, 0.15) is 11.9 Å². The SMILES string of the molecule is [CH2][C@@H](CCl)OC(=O)Oc1ccccc1. The zero-order valence-electron chi connectivity index (χ0n) is 7.48. The van der Waals surface area contributed by atoms with E-state index in [1.54, 1.807) is 24.3 Å². The number of halogens is 1. The van der Waals surface area contributed by atoms with Gasteiger partial charge in [-0.05, 0) is 19.1 Å². The summed E-state index contributed by atoms with van der Waals surface area (Å²) in [7, 11) is 0. The maximum Gasteiger partial charge on any atom is 0.514 e. The van der Waals surface area contributed by atoms with Gasteiger partial charge in [0.15, 0.2) is 0 Å². The second kappa shape index (κ2) is 5.50. The van der Waals surface area contributed by atoms with Crippen molar-refractivity contribution in [3.63, 3.8) is 0 Å². The van der Waals surface area contributed by atoms with Crippen LogP contribution in [-0.4, -0.2) is 18.1 Å². The molecule has 0 aliphatic rings. The lowest BCUT2D eigenvalue weighted by Gasteiger charge is -2.09. The molecular weight excluding hydrogens is 204 g/mol. The number of rotatable bonds is 3. The summed E-state index contributed by atoms with van der Waals surface area (Å²) in [6, 6.07) is 8.64. The highest BCUT2D eigenvalue weighted by molar-refractivity contribution is 6.18. The van der Waals surface area contributed by atoms with Crippen molar-refractivity contribution in [3.05, 3.63) is 37.3 Å². The van der Waals surface area contributed by atoms with Crippen LogP contribution in [0, 0.1) is 6.92 Å². The number of hydrogen-bond donors (Lipinski definition) is 0. The van der Waals surface area contributed by atoms with Crippen molar-refractivity contribution in [3.8, 4) is 5.75 Å². The summed E-state index contributed by atoms with van der Waals surface area (Å²) in [6.07, 6.45) is -1.38. The summed E-state index contributed by atoms with van der Waals surface area (Å²) < 4.78 is 9.53. The molecule has 0 aliphatic carbocycles. The summed E-state index contributed by atoms with van der Waals surface area (Å²) in [6.45, 7) is 3.48. The van der Waals surface area contributed by atoms with Gasteiger partial charge in [0, 0.05) is 0 Å². The Morgan fingerprint density at radius 2 is 2.07 bits per heavy atom. The lowest BCUT2D eigenvalue weighted by Crippen LogP contribution is -2.19. The number of carbonyl (C=O) groups excluding carboxylic acids is 1. The van der Waals surface area contributed by atoms with E-state index in [9.17, 15) is 4.79 Å². The molecular formula is C10H10ClO3. The third kappa shape index (κ3) is 3.66. The smallest absolute Gasteiger partial charge is 0.429 e. The van der Waals surface area contributed by atoms with Crippen LogP contribution in [-0.2, 0) is 4.74 Å². The van der Waals surface area contributed by atoms with Gasteiger partial charge in [-0.15, -0.1) is 11.6 Å². The minimum atomic E-state index is -0.795. The Morgan fingerprint density at radius 1 is 1.43 bits per heavy atom. The predicted octanol–water partition coefficient (Wildman–Crippen LogP) is 2.64. The third-order valence-corrected chi connectivity index (χ3v) is 1.72. The molecule has 0 aliphatic heterocycles. The number of para-hydroxylation sites is 1. The first-order chi connectivity index (χ1) is 6.72. The third-order valence-electron chi connectivity index (χ3n) is 1.38. The predicted molar refractivity (Wildman–Crippen MR) is 53.4 cm³/mol. The molecule has 4 heteroatoms. The number of ether oxygens (including phenoxy) is 2. The quantitative estimate of drug-likeness (QED) is 0.440. The first kappa shape index (κ1) is 10.9. The molecule has 0 saturated carbocycles. The Morgan fingerprint density at radius 3 is 2.64 bits per heavy atom. The molecule has 0 bridgehead atoms. The molecule has 0 spiro atoms. The molecule has 0 fully saturated rings. The number of carbonyl (C=O) groups is 1. The van der Waals surface area contributed by atoms with Gasteiger partial charge in [-0.25, -0.2) is 4.79 Å². The molecule has 1 aromatic rings. The van der Waals surface area contributed by atoms with Crippen molar-refractivity contribution in [2.24, 2.45) is 0 Å². The highest BCUT2D eigenvalue weighted by atomic mass is 35.5. The van der Waals surface area contributed by atoms with Crippen LogP contribution in [0.15, 0.2) is 30.3 Å². The standard InChI is InChI=1S/C10H10ClO3/c1-8(7-11)13-10(12)14-9-5-3-2-4-6-9/h2-6,8H,1,7H2/t8-/m0/s1. The highest BCUT2D eigenvalue weighted by Crippen LogP contribution is 2.09. The summed E-state index contributed by atoms with van der Waals surface area (Å²) >= 11 is 5.40. The Balaban J connectivity index is 2.42. The van der Waals surface area contributed by atoms with E-state index in [-0.39, 0.29) is 5.88 Å². The first-order valence-electron chi connectivity index (χ1n) is 4.05. The maximum atomic E-state index is 11.0. The summed E-state index contributed by atoms with van der Waals surface area (Å²) in [5.74, 6) is 0.573. The van der Waals surface area contributed by atoms with Gasteiger partial charge in [0.2, 0.25) is 0 Å². The molecule has 0 N–H and O–H groups in total. The van der Waals surface area contributed by atoms with Crippen LogP contribution in [0.3, 0.4) is 0 Å². The molecule has 3 nitrogen and oxygen atoms in total. The molecule has 75 valence electrons. The number of benzene rings is 1. The van der Waals surface area contributed by atoms with Gasteiger partial charge in [0.05, 0.1) is 5.88 Å². The molecule has 0 heterocycles.